The molecule has 110 valence electrons. The highest BCUT2D eigenvalue weighted by atomic mass is 32.2. The van der Waals surface area contributed by atoms with Gasteiger partial charge in [0.25, 0.3) is 10.1 Å². The van der Waals surface area contributed by atoms with Crippen LogP contribution in [0.5, 0.6) is 0 Å². The van der Waals surface area contributed by atoms with Crippen molar-refractivity contribution in [2.75, 3.05) is 11.5 Å². The molecule has 1 unspecified atom stereocenters. The molecule has 20 heavy (non-hydrogen) atoms. The van der Waals surface area contributed by atoms with Gasteiger partial charge in [-0.15, -0.1) is 0 Å². The van der Waals surface area contributed by atoms with Gasteiger partial charge in [0.2, 0.25) is 5.91 Å². The van der Waals surface area contributed by atoms with Crippen LogP contribution in [0.4, 0.5) is 5.69 Å². The molecule has 1 aromatic rings. The third-order valence-electron chi connectivity index (χ3n) is 2.35. The number of anilines is 1. The molecule has 1 amide bonds. The van der Waals surface area contributed by atoms with E-state index in [1.807, 2.05) is 5.32 Å². The number of rotatable bonds is 6. The highest BCUT2D eigenvalue weighted by molar-refractivity contribution is 7.85. The number of carboxylic acids is 1. The molecule has 0 aromatic heterocycles. The van der Waals surface area contributed by atoms with Crippen molar-refractivity contribution in [2.45, 2.75) is 12.5 Å². The first-order chi connectivity index (χ1) is 9.17. The summed E-state index contributed by atoms with van der Waals surface area (Å²) in [6, 6.07) is 4.64. The summed E-state index contributed by atoms with van der Waals surface area (Å²) in [5.74, 6) is -3.31. The Labute approximate surface area is 115 Å². The summed E-state index contributed by atoms with van der Waals surface area (Å²) in [6.07, 6.45) is -0.129. The quantitative estimate of drug-likeness (QED) is 0.400. The van der Waals surface area contributed by atoms with Crippen LogP contribution in [-0.4, -0.2) is 41.7 Å². The molecule has 0 aliphatic heterocycles. The lowest BCUT2D eigenvalue weighted by molar-refractivity contribution is -0.141. The van der Waals surface area contributed by atoms with Gasteiger partial charge in [0.05, 0.1) is 6.42 Å². The van der Waals surface area contributed by atoms with Crippen LogP contribution in [0.25, 0.3) is 0 Å². The Hall–Kier alpha value is -2.13. The Kier molecular flexibility index (Phi) is 5.06. The maximum absolute atomic E-state index is 11.6. The molecule has 0 saturated heterocycles. The lowest BCUT2D eigenvalue weighted by Gasteiger charge is -2.12. The number of nitrogen functional groups attached to an aromatic ring is 1. The number of nitrogens with two attached hydrogens (primary N) is 1. The SMILES string of the molecule is Nc1ccc(CC(=O)NC(CS(=O)(=O)O)C(=O)O)cc1. The van der Waals surface area contributed by atoms with Gasteiger partial charge >= 0.3 is 5.97 Å². The topological polar surface area (TPSA) is 147 Å². The van der Waals surface area contributed by atoms with Crippen molar-refractivity contribution in [3.8, 4) is 0 Å². The number of nitrogens with one attached hydrogen (secondary N) is 1. The van der Waals surface area contributed by atoms with Crippen molar-refractivity contribution < 1.29 is 27.7 Å². The highest BCUT2D eigenvalue weighted by Crippen LogP contribution is 2.06. The number of carbonyl (C=O) groups excluding carboxylic acids is 1. The molecule has 1 aromatic carbocycles. The molecule has 0 aliphatic carbocycles. The van der Waals surface area contributed by atoms with Gasteiger partial charge in [0.1, 0.15) is 11.8 Å². The van der Waals surface area contributed by atoms with Gasteiger partial charge in [0, 0.05) is 5.69 Å². The third kappa shape index (κ3) is 5.67. The normalized spacial score (nSPS) is 12.7. The summed E-state index contributed by atoms with van der Waals surface area (Å²) in [6.45, 7) is 0. The maximum atomic E-state index is 11.6. The van der Waals surface area contributed by atoms with Crippen LogP contribution < -0.4 is 11.1 Å². The molecule has 0 bridgehead atoms. The van der Waals surface area contributed by atoms with Gasteiger partial charge in [-0.05, 0) is 17.7 Å². The Morgan fingerprint density at radius 2 is 1.80 bits per heavy atom. The molecule has 0 spiro atoms. The number of amides is 1. The van der Waals surface area contributed by atoms with E-state index in [0.717, 1.165) is 0 Å². The second-order valence-electron chi connectivity index (χ2n) is 4.13. The lowest BCUT2D eigenvalue weighted by atomic mass is 10.1. The largest absolute Gasteiger partial charge is 0.480 e. The van der Waals surface area contributed by atoms with Crippen LogP contribution in [0.15, 0.2) is 24.3 Å². The van der Waals surface area contributed by atoms with E-state index in [-0.39, 0.29) is 6.42 Å². The summed E-state index contributed by atoms with van der Waals surface area (Å²) in [5.41, 5.74) is 6.58. The number of hydrogen-bond acceptors (Lipinski definition) is 5. The Balaban J connectivity index is 2.67. The number of carbonyl (C=O) groups is 2. The summed E-state index contributed by atoms with van der Waals surface area (Å²) in [5, 5.41) is 10.8. The van der Waals surface area contributed by atoms with Crippen molar-refractivity contribution in [3.63, 3.8) is 0 Å². The first-order valence-corrected chi connectivity index (χ1v) is 7.10. The van der Waals surface area contributed by atoms with E-state index in [2.05, 4.69) is 0 Å². The molecular formula is C11H14N2O6S. The second-order valence-corrected chi connectivity index (χ2v) is 5.62. The van der Waals surface area contributed by atoms with Gasteiger partial charge in [-0.3, -0.25) is 9.35 Å². The number of carboxylic acid groups (broad SMARTS) is 1. The summed E-state index contributed by atoms with van der Waals surface area (Å²) < 4.78 is 29.9. The molecule has 0 radical (unpaired) electrons. The van der Waals surface area contributed by atoms with Crippen molar-refractivity contribution in [2.24, 2.45) is 0 Å². The Bertz CT molecular complexity index is 596. The zero-order valence-electron chi connectivity index (χ0n) is 10.3. The fraction of sp³-hybridized carbons (Fsp3) is 0.273. The molecule has 1 atom stereocenters. The van der Waals surface area contributed by atoms with Gasteiger partial charge in [-0.2, -0.15) is 8.42 Å². The first kappa shape index (κ1) is 15.9. The van der Waals surface area contributed by atoms with E-state index in [4.69, 9.17) is 15.4 Å². The minimum atomic E-state index is -4.50. The molecular weight excluding hydrogens is 288 g/mol. The smallest absolute Gasteiger partial charge is 0.327 e. The standard InChI is InChI=1S/C11H14N2O6S/c12-8-3-1-7(2-4-8)5-10(14)13-9(11(15)16)6-20(17,18)19/h1-4,9H,5-6,12H2,(H,13,14)(H,15,16)(H,17,18,19). The van der Waals surface area contributed by atoms with Crippen LogP contribution in [0.3, 0.4) is 0 Å². The van der Waals surface area contributed by atoms with Crippen molar-refractivity contribution in [3.05, 3.63) is 29.8 Å². The predicted molar refractivity (Wildman–Crippen MR) is 70.5 cm³/mol. The van der Waals surface area contributed by atoms with Crippen LogP contribution in [-0.2, 0) is 26.1 Å². The van der Waals surface area contributed by atoms with Crippen molar-refractivity contribution >= 4 is 27.7 Å². The van der Waals surface area contributed by atoms with E-state index in [9.17, 15) is 18.0 Å². The van der Waals surface area contributed by atoms with E-state index >= 15 is 0 Å². The molecule has 5 N–H and O–H groups in total. The molecule has 0 heterocycles. The fourth-order valence-corrected chi connectivity index (χ4v) is 2.10. The average molecular weight is 302 g/mol. The monoisotopic (exact) mass is 302 g/mol. The van der Waals surface area contributed by atoms with Crippen molar-refractivity contribution in [1.82, 2.24) is 5.32 Å². The van der Waals surface area contributed by atoms with Crippen LogP contribution in [0.2, 0.25) is 0 Å². The Morgan fingerprint density at radius 1 is 1.25 bits per heavy atom. The van der Waals surface area contributed by atoms with E-state index in [1.165, 1.54) is 0 Å². The van der Waals surface area contributed by atoms with Gasteiger partial charge in [-0.1, -0.05) is 12.1 Å². The number of aliphatic carboxylic acids is 1. The number of benzene rings is 1. The minimum Gasteiger partial charge on any atom is -0.480 e. The zero-order chi connectivity index (χ0) is 15.3. The Morgan fingerprint density at radius 3 is 2.25 bits per heavy atom. The fourth-order valence-electron chi connectivity index (χ4n) is 1.45. The van der Waals surface area contributed by atoms with Crippen LogP contribution >= 0.6 is 0 Å². The predicted octanol–water partition coefficient (Wildman–Crippen LogP) is -0.731. The van der Waals surface area contributed by atoms with E-state index in [0.29, 0.717) is 11.3 Å². The first-order valence-electron chi connectivity index (χ1n) is 5.49. The third-order valence-corrected chi connectivity index (χ3v) is 3.11. The molecule has 0 aliphatic rings. The van der Waals surface area contributed by atoms with E-state index < -0.39 is 33.8 Å². The van der Waals surface area contributed by atoms with Crippen LogP contribution in [0, 0.1) is 0 Å². The summed E-state index contributed by atoms with van der Waals surface area (Å²) in [7, 11) is -4.50. The summed E-state index contributed by atoms with van der Waals surface area (Å²) in [4.78, 5) is 22.4. The zero-order valence-corrected chi connectivity index (χ0v) is 11.1. The summed E-state index contributed by atoms with van der Waals surface area (Å²) >= 11 is 0. The van der Waals surface area contributed by atoms with Gasteiger partial charge in [-0.25, -0.2) is 4.79 Å². The molecule has 1 rings (SSSR count). The minimum absolute atomic E-state index is 0.129. The van der Waals surface area contributed by atoms with Crippen molar-refractivity contribution in [1.29, 1.82) is 0 Å². The second kappa shape index (κ2) is 6.35. The van der Waals surface area contributed by atoms with E-state index in [1.54, 1.807) is 24.3 Å². The molecule has 9 heteroatoms. The number of hydrogen-bond donors (Lipinski definition) is 4. The molecule has 8 nitrogen and oxygen atoms in total. The van der Waals surface area contributed by atoms with Gasteiger partial charge < -0.3 is 16.2 Å². The highest BCUT2D eigenvalue weighted by Gasteiger charge is 2.25. The lowest BCUT2D eigenvalue weighted by Crippen LogP contribution is -2.45. The molecule has 0 saturated carbocycles. The van der Waals surface area contributed by atoms with Gasteiger partial charge in [0.15, 0.2) is 0 Å². The average Bonchev–Trinajstić information content (AvgIpc) is 2.29. The van der Waals surface area contributed by atoms with Crippen LogP contribution in [0.1, 0.15) is 5.56 Å². The maximum Gasteiger partial charge on any atom is 0.327 e. The molecule has 0 fully saturated rings.